The first-order valence-electron chi connectivity index (χ1n) is 8.35. The highest BCUT2D eigenvalue weighted by molar-refractivity contribution is 5.80. The molecule has 0 unspecified atom stereocenters. The van der Waals surface area contributed by atoms with Gasteiger partial charge in [0.15, 0.2) is 0 Å². The molecule has 2 aliphatic heterocycles. The molecule has 0 aromatic heterocycles. The van der Waals surface area contributed by atoms with Gasteiger partial charge in [-0.3, -0.25) is 4.79 Å². The second-order valence-corrected chi connectivity index (χ2v) is 6.60. The fourth-order valence-electron chi connectivity index (χ4n) is 3.41. The van der Waals surface area contributed by atoms with Crippen molar-refractivity contribution in [2.24, 2.45) is 17.6 Å². The third kappa shape index (κ3) is 3.77. The molecule has 0 radical (unpaired) electrons. The first-order valence-corrected chi connectivity index (χ1v) is 8.35. The smallest absolute Gasteiger partial charge is 0.317 e. The summed E-state index contributed by atoms with van der Waals surface area (Å²) in [7, 11) is 0. The second-order valence-electron chi connectivity index (χ2n) is 6.60. The van der Waals surface area contributed by atoms with E-state index >= 15 is 0 Å². The number of nitrogens with two attached hydrogens (primary N) is 1. The minimum Gasteiger partial charge on any atom is -0.371 e. The first kappa shape index (κ1) is 16.5. The van der Waals surface area contributed by atoms with E-state index in [0.717, 1.165) is 25.2 Å². The molecule has 24 heavy (non-hydrogen) atoms. The van der Waals surface area contributed by atoms with E-state index in [1.54, 1.807) is 17.0 Å². The fourth-order valence-corrected chi connectivity index (χ4v) is 3.41. The van der Waals surface area contributed by atoms with E-state index in [1.807, 2.05) is 0 Å². The Morgan fingerprint density at radius 2 is 1.92 bits per heavy atom. The third-order valence-corrected chi connectivity index (χ3v) is 4.90. The van der Waals surface area contributed by atoms with Crippen LogP contribution in [-0.2, 0) is 4.79 Å². The standard InChI is InChI=1S/C17H23FN4O2/c18-14-1-3-15(4-2-14)21-7-5-12(10-21)9-20-17(24)22-8-6-13(11-22)16(19)23/h1-4,12-13H,5-11H2,(H2,19,23)(H,20,24)/t12-,13+/m0/s1. The van der Waals surface area contributed by atoms with Crippen molar-refractivity contribution < 1.29 is 14.0 Å². The lowest BCUT2D eigenvalue weighted by atomic mass is 10.1. The zero-order chi connectivity index (χ0) is 17.1. The lowest BCUT2D eigenvalue weighted by Gasteiger charge is -2.20. The molecule has 6 nitrogen and oxygen atoms in total. The van der Waals surface area contributed by atoms with E-state index in [9.17, 15) is 14.0 Å². The van der Waals surface area contributed by atoms with E-state index in [0.29, 0.717) is 32.0 Å². The summed E-state index contributed by atoms with van der Waals surface area (Å²) in [6.45, 7) is 3.34. The predicted octanol–water partition coefficient (Wildman–Crippen LogP) is 1.17. The highest BCUT2D eigenvalue weighted by atomic mass is 19.1. The molecule has 2 heterocycles. The summed E-state index contributed by atoms with van der Waals surface area (Å²) in [4.78, 5) is 27.2. The summed E-state index contributed by atoms with van der Waals surface area (Å²) in [6.07, 6.45) is 1.63. The van der Waals surface area contributed by atoms with Gasteiger partial charge >= 0.3 is 6.03 Å². The summed E-state index contributed by atoms with van der Waals surface area (Å²) in [5.41, 5.74) is 6.30. The maximum absolute atomic E-state index is 13.0. The lowest BCUT2D eigenvalue weighted by Crippen LogP contribution is -2.41. The number of nitrogens with one attached hydrogen (secondary N) is 1. The SMILES string of the molecule is NC(=O)[C@@H]1CCN(C(=O)NC[C@@H]2CCN(c3ccc(F)cc3)C2)C1. The predicted molar refractivity (Wildman–Crippen MR) is 89.0 cm³/mol. The number of urea groups is 1. The van der Waals surface area contributed by atoms with Gasteiger partial charge in [-0.1, -0.05) is 0 Å². The molecule has 2 fully saturated rings. The van der Waals surface area contributed by atoms with E-state index in [-0.39, 0.29) is 23.7 Å². The number of carbonyl (C=O) groups is 2. The number of nitrogens with zero attached hydrogens (tertiary/aromatic N) is 2. The topological polar surface area (TPSA) is 78.7 Å². The van der Waals surface area contributed by atoms with Crippen molar-refractivity contribution in [1.29, 1.82) is 0 Å². The van der Waals surface area contributed by atoms with Crippen molar-refractivity contribution in [2.75, 3.05) is 37.6 Å². The molecule has 3 rings (SSSR count). The zero-order valence-electron chi connectivity index (χ0n) is 13.6. The number of hydrogen-bond donors (Lipinski definition) is 2. The first-order chi connectivity index (χ1) is 11.5. The quantitative estimate of drug-likeness (QED) is 0.867. The van der Waals surface area contributed by atoms with Gasteiger partial charge in [0.05, 0.1) is 5.92 Å². The van der Waals surface area contributed by atoms with Crippen LogP contribution in [0.5, 0.6) is 0 Å². The van der Waals surface area contributed by atoms with Gasteiger partial charge in [0.1, 0.15) is 5.82 Å². The van der Waals surface area contributed by atoms with Crippen molar-refractivity contribution in [3.05, 3.63) is 30.1 Å². The second kappa shape index (κ2) is 7.07. The van der Waals surface area contributed by atoms with Crippen molar-refractivity contribution in [3.63, 3.8) is 0 Å². The molecule has 1 aromatic rings. The van der Waals surface area contributed by atoms with Gasteiger partial charge in [0.25, 0.3) is 0 Å². The number of carbonyl (C=O) groups excluding carboxylic acids is 2. The Morgan fingerprint density at radius 1 is 1.17 bits per heavy atom. The Bertz CT molecular complexity index is 607. The van der Waals surface area contributed by atoms with E-state index < -0.39 is 0 Å². The molecule has 2 aliphatic rings. The molecule has 130 valence electrons. The molecule has 0 aliphatic carbocycles. The maximum atomic E-state index is 13.0. The number of anilines is 1. The van der Waals surface area contributed by atoms with Crippen LogP contribution < -0.4 is 16.0 Å². The number of primary amides is 1. The van der Waals surface area contributed by atoms with E-state index in [2.05, 4.69) is 10.2 Å². The molecular formula is C17H23FN4O2. The van der Waals surface area contributed by atoms with Gasteiger partial charge in [-0.15, -0.1) is 0 Å². The van der Waals surface area contributed by atoms with Crippen LogP contribution in [-0.4, -0.2) is 49.6 Å². The summed E-state index contributed by atoms with van der Waals surface area (Å²) < 4.78 is 13.0. The van der Waals surface area contributed by atoms with Crippen molar-refractivity contribution in [2.45, 2.75) is 12.8 Å². The highest BCUT2D eigenvalue weighted by Crippen LogP contribution is 2.23. The van der Waals surface area contributed by atoms with Crippen LogP contribution in [0.1, 0.15) is 12.8 Å². The van der Waals surface area contributed by atoms with Crippen molar-refractivity contribution in [3.8, 4) is 0 Å². The minimum absolute atomic E-state index is 0.126. The van der Waals surface area contributed by atoms with Gasteiger partial charge in [-0.05, 0) is 43.0 Å². The number of amides is 3. The molecular weight excluding hydrogens is 311 g/mol. The maximum Gasteiger partial charge on any atom is 0.317 e. The van der Waals surface area contributed by atoms with E-state index in [1.165, 1.54) is 12.1 Å². The van der Waals surface area contributed by atoms with Crippen LogP contribution in [0.2, 0.25) is 0 Å². The number of likely N-dealkylation sites (tertiary alicyclic amines) is 1. The molecule has 0 saturated carbocycles. The van der Waals surface area contributed by atoms with Crippen LogP contribution in [0, 0.1) is 17.7 Å². The fraction of sp³-hybridized carbons (Fsp3) is 0.529. The number of hydrogen-bond acceptors (Lipinski definition) is 3. The Balaban J connectivity index is 1.44. The van der Waals surface area contributed by atoms with Crippen LogP contribution in [0.15, 0.2) is 24.3 Å². The monoisotopic (exact) mass is 334 g/mol. The molecule has 0 bridgehead atoms. The number of rotatable bonds is 4. The molecule has 7 heteroatoms. The van der Waals surface area contributed by atoms with Crippen LogP contribution in [0.25, 0.3) is 0 Å². The molecule has 2 atom stereocenters. The van der Waals surface area contributed by atoms with Crippen molar-refractivity contribution in [1.82, 2.24) is 10.2 Å². The summed E-state index contributed by atoms with van der Waals surface area (Å²) in [5, 5.41) is 2.96. The minimum atomic E-state index is -0.337. The third-order valence-electron chi connectivity index (χ3n) is 4.90. The Morgan fingerprint density at radius 3 is 2.58 bits per heavy atom. The van der Waals surface area contributed by atoms with Gasteiger partial charge in [-0.2, -0.15) is 0 Å². The van der Waals surface area contributed by atoms with Crippen LogP contribution in [0.3, 0.4) is 0 Å². The van der Waals surface area contributed by atoms with Gasteiger partial charge in [0.2, 0.25) is 5.91 Å². The summed E-state index contributed by atoms with van der Waals surface area (Å²) in [5.74, 6) is -0.428. The number of halogens is 1. The molecule has 3 amide bonds. The average molecular weight is 334 g/mol. The average Bonchev–Trinajstić information content (AvgIpc) is 3.23. The molecule has 0 spiro atoms. The lowest BCUT2D eigenvalue weighted by molar-refractivity contribution is -0.121. The number of benzene rings is 1. The summed E-state index contributed by atoms with van der Waals surface area (Å²) in [6, 6.07) is 6.37. The molecule has 3 N–H and O–H groups in total. The largest absolute Gasteiger partial charge is 0.371 e. The molecule has 2 saturated heterocycles. The Labute approximate surface area is 140 Å². The summed E-state index contributed by atoms with van der Waals surface area (Å²) >= 11 is 0. The van der Waals surface area contributed by atoms with Gasteiger partial charge < -0.3 is 20.9 Å². The Hall–Kier alpha value is -2.31. The van der Waals surface area contributed by atoms with Crippen molar-refractivity contribution >= 4 is 17.6 Å². The normalized spacial score (nSPS) is 23.5. The highest BCUT2D eigenvalue weighted by Gasteiger charge is 2.30. The molecule has 1 aromatic carbocycles. The van der Waals surface area contributed by atoms with E-state index in [4.69, 9.17) is 5.73 Å². The van der Waals surface area contributed by atoms with Gasteiger partial charge in [-0.25, -0.2) is 9.18 Å². The van der Waals surface area contributed by atoms with Crippen LogP contribution in [0.4, 0.5) is 14.9 Å². The zero-order valence-corrected chi connectivity index (χ0v) is 13.6. The van der Waals surface area contributed by atoms with Crippen LogP contribution >= 0.6 is 0 Å². The Kier molecular flexibility index (Phi) is 4.87. The van der Waals surface area contributed by atoms with Gasteiger partial charge in [0, 0.05) is 38.4 Å².